The quantitative estimate of drug-likeness (QED) is 0.293. The predicted molar refractivity (Wildman–Crippen MR) is 150 cm³/mol. The first-order chi connectivity index (χ1) is 18.7. The van der Waals surface area contributed by atoms with Crippen LogP contribution in [0.2, 0.25) is 0 Å². The fourth-order valence-electron chi connectivity index (χ4n) is 4.94. The molecular weight excluding hydrogens is 492 g/mol. The number of aromatic amines is 1. The van der Waals surface area contributed by atoms with Crippen LogP contribution in [0.5, 0.6) is 5.75 Å². The molecule has 9 nitrogen and oxygen atoms in total. The van der Waals surface area contributed by atoms with Gasteiger partial charge in [0.25, 0.3) is 5.56 Å². The van der Waals surface area contributed by atoms with Crippen molar-refractivity contribution in [3.8, 4) is 5.75 Å². The molecule has 5 rings (SSSR count). The zero-order valence-electron chi connectivity index (χ0n) is 23.2. The summed E-state index contributed by atoms with van der Waals surface area (Å²) in [7, 11) is 1.65. The molecule has 5 aromatic rings. The van der Waals surface area contributed by atoms with E-state index in [0.717, 1.165) is 39.1 Å². The molecule has 0 radical (unpaired) electrons. The highest BCUT2D eigenvalue weighted by Gasteiger charge is 2.34. The number of ether oxygens (including phenoxy) is 1. The van der Waals surface area contributed by atoms with Gasteiger partial charge in [-0.3, -0.25) is 9.69 Å². The molecule has 202 valence electrons. The van der Waals surface area contributed by atoms with Crippen LogP contribution in [0, 0.1) is 13.8 Å². The topological polar surface area (TPSA) is 102 Å². The molecule has 0 spiro atoms. The Kier molecular flexibility index (Phi) is 7.10. The van der Waals surface area contributed by atoms with Gasteiger partial charge in [0.05, 0.1) is 31.0 Å². The van der Waals surface area contributed by atoms with E-state index in [-0.39, 0.29) is 5.56 Å². The zero-order chi connectivity index (χ0) is 27.7. The SMILES string of the molecule is COc1ccc(CN(Cc2ccco2)[C@@H](c2cc3c(C)ccc(C)c3[nH]c2=O)c2nnnn2C(C)(C)C)cc1. The molecular formula is C30H34N6O3. The molecule has 0 saturated carbocycles. The van der Waals surface area contributed by atoms with Crippen molar-refractivity contribution in [2.24, 2.45) is 0 Å². The number of benzene rings is 2. The summed E-state index contributed by atoms with van der Waals surface area (Å²) in [6.07, 6.45) is 1.66. The number of aromatic nitrogens is 5. The predicted octanol–water partition coefficient (Wildman–Crippen LogP) is 5.28. The van der Waals surface area contributed by atoms with Crippen LogP contribution in [0.25, 0.3) is 10.9 Å². The highest BCUT2D eigenvalue weighted by Crippen LogP contribution is 2.33. The third-order valence-corrected chi connectivity index (χ3v) is 6.99. The summed E-state index contributed by atoms with van der Waals surface area (Å²) in [6.45, 7) is 11.1. The number of nitrogens with one attached hydrogen (secondary N) is 1. The number of hydrogen-bond acceptors (Lipinski definition) is 7. The van der Waals surface area contributed by atoms with Crippen molar-refractivity contribution < 1.29 is 9.15 Å². The molecule has 39 heavy (non-hydrogen) atoms. The van der Waals surface area contributed by atoms with Crippen molar-refractivity contribution >= 4 is 10.9 Å². The molecule has 2 aromatic carbocycles. The van der Waals surface area contributed by atoms with Gasteiger partial charge in [-0.1, -0.05) is 24.3 Å². The minimum absolute atomic E-state index is 0.177. The number of nitrogens with zero attached hydrogens (tertiary/aromatic N) is 5. The largest absolute Gasteiger partial charge is 0.497 e. The van der Waals surface area contributed by atoms with Crippen molar-refractivity contribution in [2.75, 3.05) is 7.11 Å². The summed E-state index contributed by atoms with van der Waals surface area (Å²) >= 11 is 0. The Morgan fingerprint density at radius 2 is 1.79 bits per heavy atom. The van der Waals surface area contributed by atoms with Gasteiger partial charge < -0.3 is 14.1 Å². The zero-order valence-corrected chi connectivity index (χ0v) is 23.2. The highest BCUT2D eigenvalue weighted by molar-refractivity contribution is 5.85. The van der Waals surface area contributed by atoms with Crippen molar-refractivity contribution in [1.82, 2.24) is 30.1 Å². The molecule has 1 atom stereocenters. The Labute approximate surface area is 227 Å². The van der Waals surface area contributed by atoms with E-state index < -0.39 is 11.6 Å². The van der Waals surface area contributed by atoms with E-state index in [2.05, 4.69) is 38.4 Å². The van der Waals surface area contributed by atoms with Crippen molar-refractivity contribution in [3.05, 3.63) is 105 Å². The van der Waals surface area contributed by atoms with Gasteiger partial charge in [-0.2, -0.15) is 0 Å². The molecule has 0 fully saturated rings. The molecule has 0 bridgehead atoms. The van der Waals surface area contributed by atoms with Gasteiger partial charge in [-0.25, -0.2) is 4.68 Å². The number of tetrazole rings is 1. The van der Waals surface area contributed by atoms with Crippen LogP contribution in [0.3, 0.4) is 0 Å². The average molecular weight is 527 g/mol. The van der Waals surface area contributed by atoms with E-state index in [1.807, 2.05) is 76.2 Å². The van der Waals surface area contributed by atoms with Crippen LogP contribution in [0.4, 0.5) is 0 Å². The number of methoxy groups -OCH3 is 1. The third kappa shape index (κ3) is 5.35. The number of aryl methyl sites for hydroxylation is 2. The van der Waals surface area contributed by atoms with Crippen LogP contribution in [-0.4, -0.2) is 37.2 Å². The van der Waals surface area contributed by atoms with Crippen LogP contribution < -0.4 is 10.3 Å². The van der Waals surface area contributed by atoms with Crippen molar-refractivity contribution in [2.45, 2.75) is 59.3 Å². The highest BCUT2D eigenvalue weighted by atomic mass is 16.5. The number of H-pyrrole nitrogens is 1. The molecule has 3 heterocycles. The number of furan rings is 1. The van der Waals surface area contributed by atoms with Gasteiger partial charge in [-0.05, 0) is 92.1 Å². The van der Waals surface area contributed by atoms with Crippen LogP contribution in [0.1, 0.15) is 60.7 Å². The number of rotatable bonds is 8. The normalized spacial score (nSPS) is 12.8. The van der Waals surface area contributed by atoms with Gasteiger partial charge in [0.2, 0.25) is 0 Å². The first-order valence-electron chi connectivity index (χ1n) is 13.0. The van der Waals surface area contributed by atoms with Gasteiger partial charge in [0, 0.05) is 17.5 Å². The fourth-order valence-corrected chi connectivity index (χ4v) is 4.94. The molecule has 0 aliphatic carbocycles. The molecule has 0 saturated heterocycles. The minimum Gasteiger partial charge on any atom is -0.497 e. The molecule has 0 unspecified atom stereocenters. The van der Waals surface area contributed by atoms with E-state index >= 15 is 0 Å². The maximum atomic E-state index is 13.8. The lowest BCUT2D eigenvalue weighted by atomic mass is 9.98. The summed E-state index contributed by atoms with van der Waals surface area (Å²) in [6, 6.07) is 17.2. The first kappa shape index (κ1) is 26.4. The summed E-state index contributed by atoms with van der Waals surface area (Å²) in [4.78, 5) is 19.2. The van der Waals surface area contributed by atoms with Gasteiger partial charge >= 0.3 is 0 Å². The van der Waals surface area contributed by atoms with E-state index in [1.165, 1.54) is 0 Å². The molecule has 3 aromatic heterocycles. The van der Waals surface area contributed by atoms with Crippen molar-refractivity contribution in [3.63, 3.8) is 0 Å². The second kappa shape index (κ2) is 10.5. The second-order valence-electron chi connectivity index (χ2n) is 10.9. The van der Waals surface area contributed by atoms with Crippen LogP contribution in [0.15, 0.2) is 70.1 Å². The monoisotopic (exact) mass is 526 g/mol. The summed E-state index contributed by atoms with van der Waals surface area (Å²) < 4.78 is 12.9. The van der Waals surface area contributed by atoms with Crippen LogP contribution in [-0.2, 0) is 18.6 Å². The Bertz CT molecular complexity index is 1630. The second-order valence-corrected chi connectivity index (χ2v) is 10.9. The van der Waals surface area contributed by atoms with Gasteiger partial charge in [-0.15, -0.1) is 5.10 Å². The minimum atomic E-state index is -0.570. The van der Waals surface area contributed by atoms with E-state index in [0.29, 0.717) is 24.5 Å². The third-order valence-electron chi connectivity index (χ3n) is 6.99. The molecule has 9 heteroatoms. The first-order valence-corrected chi connectivity index (χ1v) is 13.0. The fraction of sp³-hybridized carbons (Fsp3) is 0.333. The Morgan fingerprint density at radius 1 is 1.05 bits per heavy atom. The lowest BCUT2D eigenvalue weighted by Gasteiger charge is -2.32. The maximum Gasteiger partial charge on any atom is 0.253 e. The van der Waals surface area contributed by atoms with Gasteiger partial charge in [0.1, 0.15) is 17.6 Å². The summed E-state index contributed by atoms with van der Waals surface area (Å²) in [5.41, 5.74) is 3.96. The lowest BCUT2D eigenvalue weighted by Crippen LogP contribution is -2.37. The maximum absolute atomic E-state index is 13.8. The smallest absolute Gasteiger partial charge is 0.253 e. The molecule has 0 aliphatic rings. The summed E-state index contributed by atoms with van der Waals surface area (Å²) in [5, 5.41) is 13.9. The Morgan fingerprint density at radius 3 is 2.46 bits per heavy atom. The van der Waals surface area contributed by atoms with Crippen molar-refractivity contribution in [1.29, 1.82) is 0 Å². The summed E-state index contributed by atoms with van der Waals surface area (Å²) in [5.74, 6) is 2.13. The number of pyridine rings is 1. The molecule has 1 N–H and O–H groups in total. The number of hydrogen-bond donors (Lipinski definition) is 1. The van der Waals surface area contributed by atoms with Crippen LogP contribution >= 0.6 is 0 Å². The number of fused-ring (bicyclic) bond motifs is 1. The average Bonchev–Trinajstić information content (AvgIpc) is 3.60. The molecule has 0 amide bonds. The van der Waals surface area contributed by atoms with E-state index in [4.69, 9.17) is 9.15 Å². The van der Waals surface area contributed by atoms with E-state index in [9.17, 15) is 4.79 Å². The van der Waals surface area contributed by atoms with E-state index in [1.54, 1.807) is 18.1 Å². The van der Waals surface area contributed by atoms with Gasteiger partial charge in [0.15, 0.2) is 5.82 Å². The Hall–Kier alpha value is -4.24. The standard InChI is InChI=1S/C30H34N6O3/c1-19-9-10-20(2)26-24(19)16-25(29(37)31-26)27(28-32-33-34-36(28)30(3,4)5)35(18-23-8-7-15-39-23)17-21-11-13-22(38-6)14-12-21/h7-16,27H,17-18H2,1-6H3,(H,31,37)/t27-/m0/s1. The Balaban J connectivity index is 1.73. The molecule has 0 aliphatic heterocycles. The lowest BCUT2D eigenvalue weighted by molar-refractivity contribution is 0.171.